The molecule has 5 heteroatoms. The molecule has 0 aromatic heterocycles. The molecule has 0 bridgehead atoms. The van der Waals surface area contributed by atoms with Gasteiger partial charge in [-0.1, -0.05) is 31.4 Å². The first-order valence-corrected chi connectivity index (χ1v) is 7.89. The number of anilines is 1. The fraction of sp³-hybridized carbons (Fsp3) is 0.562. The van der Waals surface area contributed by atoms with Crippen molar-refractivity contribution in [1.82, 2.24) is 0 Å². The Balaban J connectivity index is 2.12. The lowest BCUT2D eigenvalue weighted by molar-refractivity contribution is -0.118. The van der Waals surface area contributed by atoms with E-state index < -0.39 is 0 Å². The van der Waals surface area contributed by atoms with Crippen molar-refractivity contribution >= 4 is 33.8 Å². The SMILES string of the molecule is CN1C(=O)CCc2cc([B]OC(C)(C)C(C)(C)P)ccc21. The summed E-state index contributed by atoms with van der Waals surface area (Å²) in [6.07, 6.45) is 1.39. The van der Waals surface area contributed by atoms with Gasteiger partial charge >= 0.3 is 7.48 Å². The van der Waals surface area contributed by atoms with Gasteiger partial charge in [0.15, 0.2) is 0 Å². The molecule has 1 heterocycles. The summed E-state index contributed by atoms with van der Waals surface area (Å²) in [5.74, 6) is 0.182. The van der Waals surface area contributed by atoms with E-state index in [0.717, 1.165) is 17.6 Å². The van der Waals surface area contributed by atoms with Crippen molar-refractivity contribution in [2.75, 3.05) is 11.9 Å². The van der Waals surface area contributed by atoms with Crippen LogP contribution in [0.4, 0.5) is 5.69 Å². The summed E-state index contributed by atoms with van der Waals surface area (Å²) in [5, 5.41) is -0.0235. The molecule has 21 heavy (non-hydrogen) atoms. The third-order valence-corrected chi connectivity index (χ3v) is 5.18. The van der Waals surface area contributed by atoms with Crippen LogP contribution in [0.2, 0.25) is 0 Å². The maximum Gasteiger partial charge on any atom is 0.330 e. The van der Waals surface area contributed by atoms with Gasteiger partial charge in [0, 0.05) is 24.3 Å². The van der Waals surface area contributed by atoms with Crippen molar-refractivity contribution in [3.8, 4) is 0 Å². The zero-order valence-corrected chi connectivity index (χ0v) is 14.7. The molecule has 1 aromatic rings. The average molecular weight is 304 g/mol. The number of aryl methyl sites for hydroxylation is 1. The molecule has 3 nitrogen and oxygen atoms in total. The van der Waals surface area contributed by atoms with Gasteiger partial charge in [-0.05, 0) is 31.9 Å². The van der Waals surface area contributed by atoms with Crippen molar-refractivity contribution in [1.29, 1.82) is 0 Å². The molecule has 1 amide bonds. The zero-order valence-electron chi connectivity index (χ0n) is 13.6. The molecule has 0 saturated heterocycles. The van der Waals surface area contributed by atoms with Crippen LogP contribution in [0.3, 0.4) is 0 Å². The van der Waals surface area contributed by atoms with E-state index in [4.69, 9.17) is 4.65 Å². The molecule has 0 fully saturated rings. The summed E-state index contributed by atoms with van der Waals surface area (Å²) < 4.78 is 5.99. The van der Waals surface area contributed by atoms with Crippen molar-refractivity contribution < 1.29 is 9.45 Å². The molecule has 1 unspecified atom stereocenters. The van der Waals surface area contributed by atoms with Crippen LogP contribution in [-0.4, -0.2) is 31.2 Å². The number of carbonyl (C=O) groups excluding carboxylic acids is 1. The second kappa shape index (κ2) is 5.74. The predicted molar refractivity (Wildman–Crippen MR) is 92.5 cm³/mol. The summed E-state index contributed by atoms with van der Waals surface area (Å²) in [6.45, 7) is 8.45. The van der Waals surface area contributed by atoms with Crippen LogP contribution in [-0.2, 0) is 15.9 Å². The Morgan fingerprint density at radius 3 is 2.52 bits per heavy atom. The quantitative estimate of drug-likeness (QED) is 0.631. The van der Waals surface area contributed by atoms with Crippen molar-refractivity contribution in [3.05, 3.63) is 23.8 Å². The standard InChI is InChI=1S/C16H24BNO2P/c1-15(2,16(3,4)21)20-17-12-7-8-13-11(10-12)6-9-14(19)18(13)5/h7-8,10H,6,9,21H2,1-5H3. The van der Waals surface area contributed by atoms with Crippen LogP contribution in [0.1, 0.15) is 39.7 Å². The van der Waals surface area contributed by atoms with Crippen LogP contribution in [0.5, 0.6) is 0 Å². The lowest BCUT2D eigenvalue weighted by Gasteiger charge is -2.39. The van der Waals surface area contributed by atoms with E-state index in [9.17, 15) is 4.79 Å². The maximum atomic E-state index is 11.7. The van der Waals surface area contributed by atoms with E-state index in [0.29, 0.717) is 6.42 Å². The highest BCUT2D eigenvalue weighted by Gasteiger charge is 2.33. The Labute approximate surface area is 130 Å². The van der Waals surface area contributed by atoms with Crippen molar-refractivity contribution in [3.63, 3.8) is 0 Å². The Bertz CT molecular complexity index is 552. The zero-order chi connectivity index (χ0) is 15.8. The van der Waals surface area contributed by atoms with E-state index >= 15 is 0 Å². The Hall–Kier alpha value is -0.855. The summed E-state index contributed by atoms with van der Waals surface area (Å²) in [6, 6.07) is 6.12. The monoisotopic (exact) mass is 304 g/mol. The molecule has 1 radical (unpaired) electrons. The molecule has 1 aliphatic rings. The second-order valence-corrected chi connectivity index (χ2v) is 8.25. The number of nitrogens with zero attached hydrogens (tertiary/aromatic N) is 1. The fourth-order valence-corrected chi connectivity index (χ4v) is 2.19. The first kappa shape index (κ1) is 16.5. The smallest absolute Gasteiger partial charge is 0.330 e. The number of benzene rings is 1. The average Bonchev–Trinajstić information content (AvgIpc) is 2.39. The van der Waals surface area contributed by atoms with Gasteiger partial charge in [-0.3, -0.25) is 4.79 Å². The summed E-state index contributed by atoms with van der Waals surface area (Å²) >= 11 is 0. The molecule has 1 aromatic carbocycles. The Morgan fingerprint density at radius 1 is 1.24 bits per heavy atom. The number of amides is 1. The van der Waals surface area contributed by atoms with Gasteiger partial charge in [0.2, 0.25) is 5.91 Å². The van der Waals surface area contributed by atoms with E-state index in [1.165, 1.54) is 5.56 Å². The van der Waals surface area contributed by atoms with Gasteiger partial charge in [0.1, 0.15) is 0 Å². The minimum Gasteiger partial charge on any atom is -0.429 e. The van der Waals surface area contributed by atoms with Crippen LogP contribution < -0.4 is 10.4 Å². The minimum absolute atomic E-state index is 0.0235. The van der Waals surface area contributed by atoms with Gasteiger partial charge in [-0.15, -0.1) is 9.24 Å². The highest BCUT2D eigenvalue weighted by molar-refractivity contribution is 7.19. The summed E-state index contributed by atoms with van der Waals surface area (Å²) in [7, 11) is 6.49. The van der Waals surface area contributed by atoms with E-state index in [2.05, 4.69) is 43.0 Å². The van der Waals surface area contributed by atoms with Crippen molar-refractivity contribution in [2.24, 2.45) is 0 Å². The molecular weight excluding hydrogens is 280 g/mol. The molecule has 0 aliphatic carbocycles. The van der Waals surface area contributed by atoms with Crippen LogP contribution >= 0.6 is 9.24 Å². The first-order valence-electron chi connectivity index (χ1n) is 7.31. The topological polar surface area (TPSA) is 29.5 Å². The second-order valence-electron chi connectivity index (χ2n) is 6.81. The first-order chi connectivity index (χ1) is 9.62. The van der Waals surface area contributed by atoms with Crippen molar-refractivity contribution in [2.45, 2.75) is 51.3 Å². The molecule has 2 rings (SSSR count). The maximum absolute atomic E-state index is 11.7. The number of hydrogen-bond donors (Lipinski definition) is 0. The highest BCUT2D eigenvalue weighted by Crippen LogP contribution is 2.33. The van der Waals surface area contributed by atoms with Gasteiger partial charge < -0.3 is 9.55 Å². The lowest BCUT2D eigenvalue weighted by atomic mass is 9.82. The Kier molecular flexibility index (Phi) is 4.51. The largest absolute Gasteiger partial charge is 0.429 e. The number of rotatable bonds is 4. The van der Waals surface area contributed by atoms with E-state index in [1.54, 1.807) is 4.90 Å². The van der Waals surface area contributed by atoms with Crippen LogP contribution in [0.15, 0.2) is 18.2 Å². The molecular formula is C16H24BNO2P. The van der Waals surface area contributed by atoms with Gasteiger partial charge in [-0.25, -0.2) is 0 Å². The van der Waals surface area contributed by atoms with E-state index in [1.807, 2.05) is 26.7 Å². The number of hydrogen-bond acceptors (Lipinski definition) is 2. The number of fused-ring (bicyclic) bond motifs is 1. The van der Waals surface area contributed by atoms with Crippen LogP contribution in [0.25, 0.3) is 0 Å². The fourth-order valence-electron chi connectivity index (χ4n) is 2.12. The number of carbonyl (C=O) groups is 1. The molecule has 0 N–H and O–H groups in total. The predicted octanol–water partition coefficient (Wildman–Crippen LogP) is 2.29. The molecule has 1 aliphatic heterocycles. The molecule has 0 saturated carbocycles. The third kappa shape index (κ3) is 3.49. The van der Waals surface area contributed by atoms with E-state index in [-0.39, 0.29) is 16.7 Å². The van der Waals surface area contributed by atoms with Gasteiger partial charge in [0.05, 0.1) is 5.60 Å². The summed E-state index contributed by atoms with van der Waals surface area (Å²) in [5.41, 5.74) is 2.98. The third-order valence-electron chi connectivity index (χ3n) is 4.49. The minimum atomic E-state index is -0.277. The molecule has 0 spiro atoms. The van der Waals surface area contributed by atoms with Crippen LogP contribution in [0, 0.1) is 0 Å². The normalized spacial score (nSPS) is 15.9. The van der Waals surface area contributed by atoms with Gasteiger partial charge in [-0.2, -0.15) is 0 Å². The Morgan fingerprint density at radius 2 is 1.90 bits per heavy atom. The van der Waals surface area contributed by atoms with Gasteiger partial charge in [0.25, 0.3) is 0 Å². The summed E-state index contributed by atoms with van der Waals surface area (Å²) in [4.78, 5) is 13.4. The lowest BCUT2D eigenvalue weighted by Crippen LogP contribution is -2.45. The molecule has 1 atom stereocenters. The molecule has 113 valence electrons. The highest BCUT2D eigenvalue weighted by atomic mass is 31.0.